The van der Waals surface area contributed by atoms with Crippen LogP contribution in [0, 0.1) is 0 Å². The number of carbonyl (C=O) groups is 1. The minimum absolute atomic E-state index is 0.691. The Bertz CT molecular complexity index is 548. The fourth-order valence-corrected chi connectivity index (χ4v) is 2.27. The summed E-state index contributed by atoms with van der Waals surface area (Å²) in [7, 11) is 1.70. The fraction of sp³-hybridized carbons (Fsp3) is 0.357. The standard InChI is InChI=1S/C14H16ClNO2/c1-18-7-3-2-6-16-9-11(10-17)13-5-4-12(15)8-14(13)16/h4-5,8-10H,2-3,6-7H2,1H3. The van der Waals surface area contributed by atoms with Crippen LogP contribution in [0.3, 0.4) is 0 Å². The third kappa shape index (κ3) is 2.74. The fourth-order valence-electron chi connectivity index (χ4n) is 2.10. The Morgan fingerprint density at radius 3 is 2.94 bits per heavy atom. The zero-order valence-electron chi connectivity index (χ0n) is 10.4. The molecule has 0 aliphatic carbocycles. The quantitative estimate of drug-likeness (QED) is 0.591. The van der Waals surface area contributed by atoms with E-state index in [0.717, 1.165) is 43.2 Å². The number of aromatic nitrogens is 1. The van der Waals surface area contributed by atoms with Gasteiger partial charge in [0.15, 0.2) is 6.29 Å². The maximum absolute atomic E-state index is 11.0. The van der Waals surface area contributed by atoms with Gasteiger partial charge in [0.05, 0.1) is 5.52 Å². The predicted octanol–water partition coefficient (Wildman–Crippen LogP) is 3.53. The van der Waals surface area contributed by atoms with E-state index in [9.17, 15) is 4.79 Å². The summed E-state index contributed by atoms with van der Waals surface area (Å²) in [5.41, 5.74) is 1.73. The lowest BCUT2D eigenvalue weighted by Crippen LogP contribution is -1.98. The first-order chi connectivity index (χ1) is 8.76. The molecule has 2 rings (SSSR count). The van der Waals surface area contributed by atoms with Gasteiger partial charge in [0.1, 0.15) is 0 Å². The predicted molar refractivity (Wildman–Crippen MR) is 73.4 cm³/mol. The highest BCUT2D eigenvalue weighted by Gasteiger charge is 2.08. The van der Waals surface area contributed by atoms with Crippen molar-refractivity contribution in [1.82, 2.24) is 4.57 Å². The summed E-state index contributed by atoms with van der Waals surface area (Å²) in [6.45, 7) is 1.63. The number of hydrogen-bond donors (Lipinski definition) is 0. The van der Waals surface area contributed by atoms with Crippen LogP contribution in [-0.4, -0.2) is 24.6 Å². The Kier molecular flexibility index (Phi) is 4.39. The molecule has 0 unspecified atom stereocenters. The second kappa shape index (κ2) is 6.03. The number of hydrogen-bond acceptors (Lipinski definition) is 2. The minimum atomic E-state index is 0.691. The van der Waals surface area contributed by atoms with Crippen molar-refractivity contribution in [3.05, 3.63) is 35.0 Å². The second-order valence-electron chi connectivity index (χ2n) is 4.26. The third-order valence-corrected chi connectivity index (χ3v) is 3.23. The number of unbranched alkanes of at least 4 members (excludes halogenated alkanes) is 1. The molecule has 0 spiro atoms. The Morgan fingerprint density at radius 2 is 2.22 bits per heavy atom. The number of halogens is 1. The third-order valence-electron chi connectivity index (χ3n) is 3.00. The Hall–Kier alpha value is -1.32. The maximum Gasteiger partial charge on any atom is 0.152 e. The molecule has 0 atom stereocenters. The lowest BCUT2D eigenvalue weighted by atomic mass is 10.2. The molecule has 0 bridgehead atoms. The van der Waals surface area contributed by atoms with E-state index in [0.29, 0.717) is 10.6 Å². The number of aldehydes is 1. The van der Waals surface area contributed by atoms with Gasteiger partial charge >= 0.3 is 0 Å². The van der Waals surface area contributed by atoms with Crippen molar-refractivity contribution in [2.75, 3.05) is 13.7 Å². The van der Waals surface area contributed by atoms with Gasteiger partial charge in [0.25, 0.3) is 0 Å². The molecule has 0 saturated carbocycles. The molecule has 0 N–H and O–H groups in total. The molecular weight excluding hydrogens is 250 g/mol. The zero-order valence-corrected chi connectivity index (χ0v) is 11.1. The van der Waals surface area contributed by atoms with Crippen LogP contribution in [0.2, 0.25) is 5.02 Å². The van der Waals surface area contributed by atoms with Crippen LogP contribution >= 0.6 is 11.6 Å². The van der Waals surface area contributed by atoms with Crippen molar-refractivity contribution in [3.8, 4) is 0 Å². The number of ether oxygens (including phenoxy) is 1. The lowest BCUT2D eigenvalue weighted by molar-refractivity contribution is 0.112. The normalized spacial score (nSPS) is 11.0. The van der Waals surface area contributed by atoms with E-state index in [2.05, 4.69) is 4.57 Å². The molecule has 18 heavy (non-hydrogen) atoms. The summed E-state index contributed by atoms with van der Waals surface area (Å²) in [6, 6.07) is 5.61. The van der Waals surface area contributed by atoms with Crippen molar-refractivity contribution in [3.63, 3.8) is 0 Å². The smallest absolute Gasteiger partial charge is 0.152 e. The van der Waals surface area contributed by atoms with Crippen LogP contribution in [-0.2, 0) is 11.3 Å². The van der Waals surface area contributed by atoms with Gasteiger partial charge in [-0.2, -0.15) is 0 Å². The molecule has 0 aliphatic rings. The van der Waals surface area contributed by atoms with E-state index in [1.807, 2.05) is 24.4 Å². The van der Waals surface area contributed by atoms with Gasteiger partial charge in [-0.1, -0.05) is 17.7 Å². The average molecular weight is 266 g/mol. The number of carbonyl (C=O) groups excluding carboxylic acids is 1. The van der Waals surface area contributed by atoms with E-state index in [4.69, 9.17) is 16.3 Å². The average Bonchev–Trinajstić information content (AvgIpc) is 2.72. The lowest BCUT2D eigenvalue weighted by Gasteiger charge is -2.05. The molecule has 3 nitrogen and oxygen atoms in total. The van der Waals surface area contributed by atoms with Gasteiger partial charge in [0, 0.05) is 42.4 Å². The van der Waals surface area contributed by atoms with Crippen LogP contribution in [0.25, 0.3) is 10.9 Å². The molecule has 0 radical (unpaired) electrons. The molecule has 1 aromatic carbocycles. The Morgan fingerprint density at radius 1 is 1.39 bits per heavy atom. The molecule has 2 aromatic rings. The van der Waals surface area contributed by atoms with Gasteiger partial charge in [-0.15, -0.1) is 0 Å². The van der Waals surface area contributed by atoms with Crippen molar-refractivity contribution >= 4 is 28.8 Å². The molecule has 0 aliphatic heterocycles. The van der Waals surface area contributed by atoms with Crippen LogP contribution in [0.1, 0.15) is 23.2 Å². The van der Waals surface area contributed by atoms with Crippen LogP contribution < -0.4 is 0 Å². The van der Waals surface area contributed by atoms with Crippen molar-refractivity contribution < 1.29 is 9.53 Å². The largest absolute Gasteiger partial charge is 0.385 e. The van der Waals surface area contributed by atoms with Gasteiger partial charge < -0.3 is 9.30 Å². The van der Waals surface area contributed by atoms with Crippen molar-refractivity contribution in [2.24, 2.45) is 0 Å². The first kappa shape index (κ1) is 13.1. The first-order valence-corrected chi connectivity index (χ1v) is 6.36. The van der Waals surface area contributed by atoms with E-state index >= 15 is 0 Å². The SMILES string of the molecule is COCCCCn1cc(C=O)c2ccc(Cl)cc21. The van der Waals surface area contributed by atoms with E-state index in [1.165, 1.54) is 0 Å². The highest BCUT2D eigenvalue weighted by molar-refractivity contribution is 6.31. The molecule has 96 valence electrons. The van der Waals surface area contributed by atoms with Crippen molar-refractivity contribution in [2.45, 2.75) is 19.4 Å². The zero-order chi connectivity index (χ0) is 13.0. The van der Waals surface area contributed by atoms with Crippen molar-refractivity contribution in [1.29, 1.82) is 0 Å². The number of benzene rings is 1. The van der Waals surface area contributed by atoms with E-state index in [-0.39, 0.29) is 0 Å². The molecule has 0 saturated heterocycles. The van der Waals surface area contributed by atoms with Crippen LogP contribution in [0.4, 0.5) is 0 Å². The maximum atomic E-state index is 11.0. The summed E-state index contributed by atoms with van der Waals surface area (Å²) >= 11 is 6.01. The summed E-state index contributed by atoms with van der Waals surface area (Å²) in [5.74, 6) is 0. The van der Waals surface area contributed by atoms with E-state index in [1.54, 1.807) is 7.11 Å². The number of fused-ring (bicyclic) bond motifs is 1. The molecule has 1 heterocycles. The van der Waals surface area contributed by atoms with Crippen LogP contribution in [0.15, 0.2) is 24.4 Å². The topological polar surface area (TPSA) is 31.2 Å². The number of rotatable bonds is 6. The highest BCUT2D eigenvalue weighted by atomic mass is 35.5. The molecule has 1 aromatic heterocycles. The monoisotopic (exact) mass is 265 g/mol. The summed E-state index contributed by atoms with van der Waals surface area (Å²) in [6.07, 6.45) is 4.80. The minimum Gasteiger partial charge on any atom is -0.385 e. The molecular formula is C14H16ClNO2. The Balaban J connectivity index is 2.26. The molecule has 0 amide bonds. The van der Waals surface area contributed by atoms with Gasteiger partial charge in [-0.3, -0.25) is 4.79 Å². The number of nitrogens with zero attached hydrogens (tertiary/aromatic N) is 1. The summed E-state index contributed by atoms with van der Waals surface area (Å²) in [5, 5.41) is 1.65. The molecule has 0 fully saturated rings. The Labute approximate surface area is 111 Å². The molecule has 4 heteroatoms. The van der Waals surface area contributed by atoms with Gasteiger partial charge in [-0.25, -0.2) is 0 Å². The number of methoxy groups -OCH3 is 1. The van der Waals surface area contributed by atoms with Gasteiger partial charge in [0.2, 0.25) is 0 Å². The number of aryl methyl sites for hydroxylation is 1. The highest BCUT2D eigenvalue weighted by Crippen LogP contribution is 2.24. The summed E-state index contributed by atoms with van der Waals surface area (Å²) < 4.78 is 7.11. The summed E-state index contributed by atoms with van der Waals surface area (Å²) in [4.78, 5) is 11.0. The second-order valence-corrected chi connectivity index (χ2v) is 4.69. The first-order valence-electron chi connectivity index (χ1n) is 5.99. The van der Waals surface area contributed by atoms with E-state index < -0.39 is 0 Å². The van der Waals surface area contributed by atoms with Gasteiger partial charge in [-0.05, 0) is 25.0 Å². The van der Waals surface area contributed by atoms with Crippen LogP contribution in [0.5, 0.6) is 0 Å².